The summed E-state index contributed by atoms with van der Waals surface area (Å²) in [5.41, 5.74) is 2.06. The highest BCUT2D eigenvalue weighted by atomic mass is 16.5. The second-order valence-electron chi connectivity index (χ2n) is 3.32. The molecule has 1 aromatic heterocycles. The summed E-state index contributed by atoms with van der Waals surface area (Å²) in [4.78, 5) is 7.76. The summed E-state index contributed by atoms with van der Waals surface area (Å²) in [6.07, 6.45) is 2.11. The van der Waals surface area contributed by atoms with Gasteiger partial charge < -0.3 is 9.72 Å². The third kappa shape index (κ3) is 1.58. The minimum atomic E-state index is 0.854. The molecular weight excluding hydrogens is 176 g/mol. The van der Waals surface area contributed by atoms with Crippen LogP contribution in [-0.4, -0.2) is 17.1 Å². The first-order valence-corrected chi connectivity index (χ1v) is 4.86. The van der Waals surface area contributed by atoms with Gasteiger partial charge in [-0.2, -0.15) is 0 Å². The number of aromatic nitrogens is 2. The fourth-order valence-corrected chi connectivity index (χ4v) is 1.52. The average Bonchev–Trinajstić information content (AvgIpc) is 2.59. The lowest BCUT2D eigenvalue weighted by Crippen LogP contribution is -1.84. The quantitative estimate of drug-likeness (QED) is 0.807. The van der Waals surface area contributed by atoms with Crippen LogP contribution in [0.1, 0.15) is 19.2 Å². The zero-order valence-corrected chi connectivity index (χ0v) is 8.50. The maximum absolute atomic E-state index is 5.14. The Morgan fingerprint density at radius 3 is 3.00 bits per heavy atom. The maximum Gasteiger partial charge on any atom is 0.121 e. The molecule has 3 heteroatoms. The molecular formula is C11H14N2O. The summed E-state index contributed by atoms with van der Waals surface area (Å²) < 4.78 is 5.14. The summed E-state index contributed by atoms with van der Waals surface area (Å²) in [6.45, 7) is 2.15. The van der Waals surface area contributed by atoms with E-state index in [1.54, 1.807) is 7.11 Å². The Hall–Kier alpha value is -1.51. The van der Waals surface area contributed by atoms with Gasteiger partial charge in [0, 0.05) is 12.5 Å². The van der Waals surface area contributed by atoms with Gasteiger partial charge in [0.2, 0.25) is 0 Å². The SMILES string of the molecule is CCCc1nc2cc(OC)ccc2[nH]1. The molecule has 1 N–H and O–H groups in total. The molecule has 0 bridgehead atoms. The number of methoxy groups -OCH3 is 1. The highest BCUT2D eigenvalue weighted by Crippen LogP contribution is 2.18. The molecule has 0 spiro atoms. The van der Waals surface area contributed by atoms with Crippen molar-refractivity contribution >= 4 is 11.0 Å². The van der Waals surface area contributed by atoms with Crippen LogP contribution in [0.2, 0.25) is 0 Å². The van der Waals surface area contributed by atoms with Crippen molar-refractivity contribution in [2.75, 3.05) is 7.11 Å². The number of rotatable bonds is 3. The normalized spacial score (nSPS) is 10.7. The monoisotopic (exact) mass is 190 g/mol. The number of aromatic amines is 1. The van der Waals surface area contributed by atoms with Crippen LogP contribution in [0.15, 0.2) is 18.2 Å². The third-order valence-corrected chi connectivity index (χ3v) is 2.23. The second kappa shape index (κ2) is 3.70. The average molecular weight is 190 g/mol. The van der Waals surface area contributed by atoms with Crippen molar-refractivity contribution in [3.05, 3.63) is 24.0 Å². The van der Waals surface area contributed by atoms with E-state index < -0.39 is 0 Å². The molecule has 0 aliphatic rings. The lowest BCUT2D eigenvalue weighted by molar-refractivity contribution is 0.415. The number of fused-ring (bicyclic) bond motifs is 1. The molecule has 0 atom stereocenters. The van der Waals surface area contributed by atoms with Gasteiger partial charge in [-0.05, 0) is 18.6 Å². The second-order valence-corrected chi connectivity index (χ2v) is 3.32. The minimum absolute atomic E-state index is 0.854. The summed E-state index contributed by atoms with van der Waals surface area (Å²) in [5.74, 6) is 1.91. The Bertz CT molecular complexity index is 434. The molecule has 0 aliphatic carbocycles. The minimum Gasteiger partial charge on any atom is -0.497 e. The van der Waals surface area contributed by atoms with Crippen molar-refractivity contribution in [2.45, 2.75) is 19.8 Å². The fraction of sp³-hybridized carbons (Fsp3) is 0.364. The van der Waals surface area contributed by atoms with Crippen molar-refractivity contribution in [2.24, 2.45) is 0 Å². The number of nitrogens with zero attached hydrogens (tertiary/aromatic N) is 1. The van der Waals surface area contributed by atoms with Crippen molar-refractivity contribution < 1.29 is 4.74 Å². The number of hydrogen-bond acceptors (Lipinski definition) is 2. The van der Waals surface area contributed by atoms with Gasteiger partial charge >= 0.3 is 0 Å². The van der Waals surface area contributed by atoms with E-state index >= 15 is 0 Å². The smallest absolute Gasteiger partial charge is 0.121 e. The van der Waals surface area contributed by atoms with Gasteiger partial charge in [0.25, 0.3) is 0 Å². The van der Waals surface area contributed by atoms with Crippen molar-refractivity contribution in [3.8, 4) is 5.75 Å². The number of aryl methyl sites for hydroxylation is 1. The summed E-state index contributed by atoms with van der Waals surface area (Å²) in [5, 5.41) is 0. The first-order valence-electron chi connectivity index (χ1n) is 4.86. The van der Waals surface area contributed by atoms with Crippen molar-refractivity contribution in [1.82, 2.24) is 9.97 Å². The van der Waals surface area contributed by atoms with E-state index in [2.05, 4.69) is 16.9 Å². The summed E-state index contributed by atoms with van der Waals surface area (Å²) >= 11 is 0. The van der Waals surface area contributed by atoms with Gasteiger partial charge in [-0.25, -0.2) is 4.98 Å². The molecule has 2 rings (SSSR count). The van der Waals surface area contributed by atoms with E-state index in [0.717, 1.165) is 35.4 Å². The number of hydrogen-bond donors (Lipinski definition) is 1. The van der Waals surface area contributed by atoms with Crippen LogP contribution in [0, 0.1) is 0 Å². The Morgan fingerprint density at radius 2 is 2.29 bits per heavy atom. The van der Waals surface area contributed by atoms with E-state index in [4.69, 9.17) is 4.74 Å². The van der Waals surface area contributed by atoms with Gasteiger partial charge in [0.05, 0.1) is 18.1 Å². The number of imidazole rings is 1. The van der Waals surface area contributed by atoms with Crippen LogP contribution >= 0.6 is 0 Å². The number of ether oxygens (including phenoxy) is 1. The van der Waals surface area contributed by atoms with Gasteiger partial charge in [0.1, 0.15) is 11.6 Å². The van der Waals surface area contributed by atoms with Gasteiger partial charge in [-0.3, -0.25) is 0 Å². The van der Waals surface area contributed by atoms with Crippen molar-refractivity contribution in [1.29, 1.82) is 0 Å². The summed E-state index contributed by atoms with van der Waals surface area (Å²) in [7, 11) is 1.67. The molecule has 0 unspecified atom stereocenters. The highest BCUT2D eigenvalue weighted by molar-refractivity contribution is 5.76. The van der Waals surface area contributed by atoms with E-state index in [0.29, 0.717) is 0 Å². The molecule has 0 saturated heterocycles. The van der Waals surface area contributed by atoms with Crippen LogP contribution in [0.25, 0.3) is 11.0 Å². The molecule has 0 radical (unpaired) electrons. The highest BCUT2D eigenvalue weighted by Gasteiger charge is 2.02. The standard InChI is InChI=1S/C11H14N2O/c1-3-4-11-12-9-6-5-8(14-2)7-10(9)13-11/h5-7H,3-4H2,1-2H3,(H,12,13). The topological polar surface area (TPSA) is 37.9 Å². The molecule has 0 amide bonds. The molecule has 0 aliphatic heterocycles. The Morgan fingerprint density at radius 1 is 1.43 bits per heavy atom. The predicted molar refractivity (Wildman–Crippen MR) is 56.6 cm³/mol. The van der Waals surface area contributed by atoms with Crippen molar-refractivity contribution in [3.63, 3.8) is 0 Å². The first kappa shape index (κ1) is 9.06. The molecule has 74 valence electrons. The van der Waals surface area contributed by atoms with E-state index in [1.807, 2.05) is 18.2 Å². The van der Waals surface area contributed by atoms with E-state index in [1.165, 1.54) is 0 Å². The lowest BCUT2D eigenvalue weighted by atomic mass is 10.3. The van der Waals surface area contributed by atoms with Gasteiger partial charge in [0.15, 0.2) is 0 Å². The zero-order valence-electron chi connectivity index (χ0n) is 8.50. The van der Waals surface area contributed by atoms with Gasteiger partial charge in [-0.15, -0.1) is 0 Å². The zero-order chi connectivity index (χ0) is 9.97. The first-order chi connectivity index (χ1) is 6.83. The number of H-pyrrole nitrogens is 1. The van der Waals surface area contributed by atoms with Crippen LogP contribution in [-0.2, 0) is 6.42 Å². The Balaban J connectivity index is 2.43. The summed E-state index contributed by atoms with van der Waals surface area (Å²) in [6, 6.07) is 5.89. The molecule has 1 aromatic carbocycles. The molecule has 14 heavy (non-hydrogen) atoms. The Kier molecular flexibility index (Phi) is 2.39. The molecule has 2 aromatic rings. The molecule has 1 heterocycles. The maximum atomic E-state index is 5.14. The fourth-order valence-electron chi connectivity index (χ4n) is 1.52. The Labute approximate surface area is 83.1 Å². The lowest BCUT2D eigenvalue weighted by Gasteiger charge is -1.96. The van der Waals surface area contributed by atoms with E-state index in [9.17, 15) is 0 Å². The van der Waals surface area contributed by atoms with Crippen LogP contribution < -0.4 is 4.74 Å². The number of nitrogens with one attached hydrogen (secondary N) is 1. The van der Waals surface area contributed by atoms with Gasteiger partial charge in [-0.1, -0.05) is 6.92 Å². The predicted octanol–water partition coefficient (Wildman–Crippen LogP) is 2.52. The van der Waals surface area contributed by atoms with E-state index in [-0.39, 0.29) is 0 Å². The third-order valence-electron chi connectivity index (χ3n) is 2.23. The molecule has 0 fully saturated rings. The number of benzene rings is 1. The van der Waals surface area contributed by atoms with Crippen LogP contribution in [0.3, 0.4) is 0 Å². The molecule has 3 nitrogen and oxygen atoms in total. The van der Waals surface area contributed by atoms with Crippen LogP contribution in [0.5, 0.6) is 5.75 Å². The molecule has 0 saturated carbocycles. The largest absolute Gasteiger partial charge is 0.497 e. The van der Waals surface area contributed by atoms with Crippen LogP contribution in [0.4, 0.5) is 0 Å².